The van der Waals surface area contributed by atoms with E-state index in [4.69, 9.17) is 16.9 Å². The van der Waals surface area contributed by atoms with Crippen molar-refractivity contribution in [3.63, 3.8) is 0 Å². The van der Waals surface area contributed by atoms with Crippen LogP contribution in [0.15, 0.2) is 24.3 Å². The van der Waals surface area contributed by atoms with Gasteiger partial charge in [-0.3, -0.25) is 0 Å². The lowest BCUT2D eigenvalue weighted by Gasteiger charge is -1.95. The lowest BCUT2D eigenvalue weighted by Crippen LogP contribution is -1.83. The van der Waals surface area contributed by atoms with Crippen LogP contribution in [0.4, 0.5) is 0 Å². The molecule has 0 aliphatic carbocycles. The van der Waals surface area contributed by atoms with Gasteiger partial charge in [0.05, 0.1) is 5.69 Å². The highest BCUT2D eigenvalue weighted by atomic mass is 35.5. The Hall–Kier alpha value is -1.37. The molecule has 2 nitrogen and oxygen atoms in total. The summed E-state index contributed by atoms with van der Waals surface area (Å²) in [5, 5.41) is 10.5. The van der Waals surface area contributed by atoms with Crippen LogP contribution in [0.1, 0.15) is 17.5 Å². The molecule has 2 aromatic rings. The second kappa shape index (κ2) is 4.65. The molecule has 0 aliphatic heterocycles. The Morgan fingerprint density at radius 1 is 1.38 bits per heavy atom. The van der Waals surface area contributed by atoms with Gasteiger partial charge in [0.2, 0.25) is 0 Å². The number of aryl methyl sites for hydroxylation is 1. The van der Waals surface area contributed by atoms with E-state index in [-0.39, 0.29) is 0 Å². The summed E-state index contributed by atoms with van der Waals surface area (Å²) < 4.78 is 0. The van der Waals surface area contributed by atoms with E-state index in [9.17, 15) is 0 Å². The third-order valence-electron chi connectivity index (χ3n) is 2.22. The number of nitrogens with zero attached hydrogens (tertiary/aromatic N) is 2. The van der Waals surface area contributed by atoms with Gasteiger partial charge in [-0.15, -0.1) is 11.3 Å². The van der Waals surface area contributed by atoms with Gasteiger partial charge in [-0.05, 0) is 18.6 Å². The highest BCUT2D eigenvalue weighted by molar-refractivity contribution is 7.15. The Morgan fingerprint density at radius 3 is 2.56 bits per heavy atom. The molecule has 0 N–H and O–H groups in total. The van der Waals surface area contributed by atoms with Gasteiger partial charge < -0.3 is 0 Å². The van der Waals surface area contributed by atoms with Crippen LogP contribution in [0.5, 0.6) is 0 Å². The van der Waals surface area contributed by atoms with E-state index < -0.39 is 0 Å². The molecular formula is C12H9ClN2S. The number of thiazole rings is 1. The van der Waals surface area contributed by atoms with Crippen LogP contribution in [0.2, 0.25) is 5.02 Å². The molecule has 0 unspecified atom stereocenters. The van der Waals surface area contributed by atoms with E-state index in [0.29, 0.717) is 9.90 Å². The van der Waals surface area contributed by atoms with Crippen LogP contribution in [0.3, 0.4) is 0 Å². The minimum absolute atomic E-state index is 0.701. The topological polar surface area (TPSA) is 36.7 Å². The molecule has 16 heavy (non-hydrogen) atoms. The first kappa shape index (κ1) is 11.1. The Morgan fingerprint density at radius 2 is 2.06 bits per heavy atom. The van der Waals surface area contributed by atoms with Crippen molar-refractivity contribution in [3.8, 4) is 16.6 Å². The summed E-state index contributed by atoms with van der Waals surface area (Å²) in [6, 6.07) is 9.67. The Balaban J connectivity index is 2.45. The van der Waals surface area contributed by atoms with Gasteiger partial charge in [0.1, 0.15) is 16.0 Å². The molecule has 0 atom stereocenters. The summed E-state index contributed by atoms with van der Waals surface area (Å²) in [7, 11) is 0. The lowest BCUT2D eigenvalue weighted by atomic mass is 10.2. The first-order valence-electron chi connectivity index (χ1n) is 4.90. The molecule has 0 saturated carbocycles. The lowest BCUT2D eigenvalue weighted by molar-refractivity contribution is 1.06. The summed E-state index contributed by atoms with van der Waals surface area (Å²) in [6.45, 7) is 2.00. The summed E-state index contributed by atoms with van der Waals surface area (Å²) in [5.41, 5.74) is 1.88. The molecule has 0 aliphatic rings. The standard InChI is InChI=1S/C12H9ClN2S/c1-2-10-11(7-14)16-12(15-10)8-3-5-9(13)6-4-8/h3-6H,2H2,1H3. The number of rotatable bonds is 2. The van der Waals surface area contributed by atoms with Gasteiger partial charge in [-0.1, -0.05) is 30.7 Å². The maximum Gasteiger partial charge on any atom is 0.128 e. The van der Waals surface area contributed by atoms with Crippen LogP contribution in [-0.2, 0) is 6.42 Å². The van der Waals surface area contributed by atoms with Crippen LogP contribution in [0, 0.1) is 11.3 Å². The number of hydrogen-bond acceptors (Lipinski definition) is 3. The first-order valence-corrected chi connectivity index (χ1v) is 6.09. The normalized spacial score (nSPS) is 10.1. The van der Waals surface area contributed by atoms with Gasteiger partial charge in [-0.25, -0.2) is 4.98 Å². The summed E-state index contributed by atoms with van der Waals surface area (Å²) >= 11 is 7.25. The zero-order valence-corrected chi connectivity index (χ0v) is 10.3. The van der Waals surface area contributed by atoms with Crippen LogP contribution in [0.25, 0.3) is 10.6 Å². The van der Waals surface area contributed by atoms with Crippen LogP contribution >= 0.6 is 22.9 Å². The molecule has 80 valence electrons. The van der Waals surface area contributed by atoms with Gasteiger partial charge >= 0.3 is 0 Å². The van der Waals surface area contributed by atoms with E-state index in [1.165, 1.54) is 11.3 Å². The summed E-state index contributed by atoms with van der Waals surface area (Å²) in [5.74, 6) is 0. The summed E-state index contributed by atoms with van der Waals surface area (Å²) in [4.78, 5) is 5.15. The predicted octanol–water partition coefficient (Wildman–Crippen LogP) is 3.90. The Labute approximate surface area is 103 Å². The van der Waals surface area contributed by atoms with Crippen molar-refractivity contribution in [1.29, 1.82) is 5.26 Å². The third-order valence-corrected chi connectivity index (χ3v) is 3.53. The van der Waals surface area contributed by atoms with Crippen molar-refractivity contribution < 1.29 is 0 Å². The SMILES string of the molecule is CCc1nc(-c2ccc(Cl)cc2)sc1C#N. The predicted molar refractivity (Wildman–Crippen MR) is 66.7 cm³/mol. The van der Waals surface area contributed by atoms with Gasteiger partial charge in [0, 0.05) is 10.6 Å². The zero-order chi connectivity index (χ0) is 11.5. The average molecular weight is 249 g/mol. The van der Waals surface area contributed by atoms with Crippen molar-refractivity contribution in [3.05, 3.63) is 39.9 Å². The molecule has 1 heterocycles. The van der Waals surface area contributed by atoms with E-state index in [0.717, 1.165) is 22.7 Å². The van der Waals surface area contributed by atoms with Crippen molar-refractivity contribution in [2.45, 2.75) is 13.3 Å². The number of aromatic nitrogens is 1. The molecule has 2 rings (SSSR count). The second-order valence-electron chi connectivity index (χ2n) is 3.27. The van der Waals surface area contributed by atoms with Crippen molar-refractivity contribution in [2.75, 3.05) is 0 Å². The smallest absolute Gasteiger partial charge is 0.128 e. The second-order valence-corrected chi connectivity index (χ2v) is 4.70. The quantitative estimate of drug-likeness (QED) is 0.808. The first-order chi connectivity index (χ1) is 7.74. The van der Waals surface area contributed by atoms with Gasteiger partial charge in [-0.2, -0.15) is 5.26 Å². The average Bonchev–Trinajstić information content (AvgIpc) is 2.73. The molecule has 0 spiro atoms. The fourth-order valence-corrected chi connectivity index (χ4v) is 2.48. The van der Waals surface area contributed by atoms with Crippen molar-refractivity contribution in [2.24, 2.45) is 0 Å². The molecule has 0 bridgehead atoms. The van der Waals surface area contributed by atoms with E-state index in [1.807, 2.05) is 31.2 Å². The van der Waals surface area contributed by atoms with Crippen LogP contribution < -0.4 is 0 Å². The van der Waals surface area contributed by atoms with E-state index in [1.54, 1.807) is 0 Å². The van der Waals surface area contributed by atoms with Crippen molar-refractivity contribution >= 4 is 22.9 Å². The molecule has 1 aromatic heterocycles. The van der Waals surface area contributed by atoms with Crippen molar-refractivity contribution in [1.82, 2.24) is 4.98 Å². The molecule has 0 fully saturated rings. The number of halogens is 1. The molecular weight excluding hydrogens is 240 g/mol. The highest BCUT2D eigenvalue weighted by Crippen LogP contribution is 2.28. The number of benzene rings is 1. The summed E-state index contributed by atoms with van der Waals surface area (Å²) in [6.07, 6.45) is 0.785. The minimum atomic E-state index is 0.701. The molecule has 0 amide bonds. The largest absolute Gasteiger partial charge is 0.240 e. The number of nitriles is 1. The fourth-order valence-electron chi connectivity index (χ4n) is 1.39. The molecule has 0 saturated heterocycles. The van der Waals surface area contributed by atoms with E-state index >= 15 is 0 Å². The molecule has 4 heteroatoms. The zero-order valence-electron chi connectivity index (χ0n) is 8.70. The Kier molecular flexibility index (Phi) is 3.23. The number of hydrogen-bond donors (Lipinski definition) is 0. The van der Waals surface area contributed by atoms with E-state index in [2.05, 4.69) is 11.1 Å². The molecule has 0 radical (unpaired) electrons. The fraction of sp³-hybridized carbons (Fsp3) is 0.167. The maximum atomic E-state index is 8.95. The monoisotopic (exact) mass is 248 g/mol. The maximum absolute atomic E-state index is 8.95. The van der Waals surface area contributed by atoms with Crippen LogP contribution in [-0.4, -0.2) is 4.98 Å². The minimum Gasteiger partial charge on any atom is -0.240 e. The third kappa shape index (κ3) is 2.08. The molecule has 1 aromatic carbocycles. The highest BCUT2D eigenvalue weighted by Gasteiger charge is 2.10. The van der Waals surface area contributed by atoms with Gasteiger partial charge in [0.15, 0.2) is 0 Å². The van der Waals surface area contributed by atoms with Gasteiger partial charge in [0.25, 0.3) is 0 Å². The Bertz CT molecular complexity index is 537.